The Morgan fingerprint density at radius 1 is 0.759 bits per heavy atom. The van der Waals surface area contributed by atoms with Gasteiger partial charge in [0.15, 0.2) is 20.0 Å². The van der Waals surface area contributed by atoms with Crippen molar-refractivity contribution in [3.63, 3.8) is 0 Å². The summed E-state index contributed by atoms with van der Waals surface area (Å²) >= 11 is 0. The number of nitrogens with zero attached hydrogens (tertiary/aromatic N) is 2. The molecule has 0 aromatic rings. The van der Waals surface area contributed by atoms with Gasteiger partial charge in [-0.2, -0.15) is 0 Å². The molecule has 1 unspecified atom stereocenters. The van der Waals surface area contributed by atoms with Crippen molar-refractivity contribution >= 4 is 51.0 Å². The van der Waals surface area contributed by atoms with Crippen molar-refractivity contribution in [2.45, 2.75) is 104 Å². The molecule has 0 radical (unpaired) electrons. The molecule has 10 heteroatoms. The molecule has 0 aliphatic heterocycles. The van der Waals surface area contributed by atoms with Crippen LogP contribution in [0.25, 0.3) is 0 Å². The monoisotopic (exact) mass is 476 g/mol. The van der Waals surface area contributed by atoms with Crippen molar-refractivity contribution in [3.05, 3.63) is 0 Å². The van der Waals surface area contributed by atoms with E-state index in [-0.39, 0.29) is 5.97 Å². The molecule has 29 heavy (non-hydrogen) atoms. The Labute approximate surface area is 183 Å². The van der Waals surface area contributed by atoms with Gasteiger partial charge < -0.3 is 13.3 Å². The van der Waals surface area contributed by atoms with Crippen LogP contribution >= 0.6 is 0 Å². The summed E-state index contributed by atoms with van der Waals surface area (Å²) in [6.07, 6.45) is 1.08. The molecule has 0 bridgehead atoms. The molecule has 0 aliphatic carbocycles. The van der Waals surface area contributed by atoms with Gasteiger partial charge in [0.05, 0.1) is 0 Å². The molecule has 0 fully saturated rings. The van der Waals surface area contributed by atoms with E-state index in [4.69, 9.17) is 17.9 Å². The minimum atomic E-state index is -2.01. The fourth-order valence-electron chi connectivity index (χ4n) is 2.41. The van der Waals surface area contributed by atoms with E-state index in [0.717, 1.165) is 5.90 Å². The molecule has 1 atom stereocenters. The highest BCUT2D eigenvalue weighted by atomic mass is 28.4. The summed E-state index contributed by atoms with van der Waals surface area (Å²) < 4.78 is 22.8. The maximum Gasteiger partial charge on any atom is 0.317 e. The molecule has 0 aromatic heterocycles. The molecule has 0 amide bonds. The Balaban J connectivity index is 5.63. The molecule has 0 N–H and O–H groups in total. The van der Waals surface area contributed by atoms with E-state index in [2.05, 4.69) is 63.9 Å². The van der Waals surface area contributed by atoms with Crippen LogP contribution in [0.1, 0.15) is 19.8 Å². The standard InChI is InChI=1S/C19H44N2O4Si4/c1-16(23-27(5,6)7)20-17(19(22)25-29(11,12)13)14-15-18(21-26(2,3)4)24-28(8,9)10/h17H,14-15H2,1-13H3/b20-16?,21-18-. The zero-order chi connectivity index (χ0) is 23.3. The molecule has 0 rings (SSSR count). The average Bonchev–Trinajstić information content (AvgIpc) is 2.35. The zero-order valence-corrected chi connectivity index (χ0v) is 25.0. The molecule has 0 aliphatic rings. The van der Waals surface area contributed by atoms with Crippen LogP contribution in [-0.2, 0) is 18.1 Å². The van der Waals surface area contributed by atoms with Gasteiger partial charge in [-0.3, -0.25) is 9.45 Å². The highest BCUT2D eigenvalue weighted by Crippen LogP contribution is 2.17. The summed E-state index contributed by atoms with van der Waals surface area (Å²) in [5.41, 5.74) is 0. The van der Waals surface area contributed by atoms with Crippen molar-refractivity contribution in [2.24, 2.45) is 9.65 Å². The lowest BCUT2D eigenvalue weighted by Gasteiger charge is -2.25. The summed E-state index contributed by atoms with van der Waals surface area (Å²) in [6, 6.07) is -0.602. The van der Waals surface area contributed by atoms with E-state index < -0.39 is 39.2 Å². The third-order valence-corrected chi connectivity index (χ3v) is 6.48. The summed E-state index contributed by atoms with van der Waals surface area (Å²) in [7, 11) is -7.30. The van der Waals surface area contributed by atoms with Gasteiger partial charge in [0.25, 0.3) is 0 Å². The number of rotatable bonds is 9. The normalized spacial score (nSPS) is 15.8. The lowest BCUT2D eigenvalue weighted by Crippen LogP contribution is -2.37. The molecule has 6 nitrogen and oxygen atoms in total. The highest BCUT2D eigenvalue weighted by molar-refractivity contribution is 6.76. The van der Waals surface area contributed by atoms with Crippen LogP contribution in [0, 0.1) is 0 Å². The molecule has 0 saturated carbocycles. The molecule has 170 valence electrons. The van der Waals surface area contributed by atoms with Crippen molar-refractivity contribution in [1.29, 1.82) is 0 Å². The number of hydrogen-bond donors (Lipinski definition) is 0. The quantitative estimate of drug-likeness (QED) is 0.237. The minimum absolute atomic E-state index is 0.275. The third-order valence-electron chi connectivity index (χ3n) is 2.99. The summed E-state index contributed by atoms with van der Waals surface area (Å²) in [5.74, 6) is 1.03. The van der Waals surface area contributed by atoms with Crippen molar-refractivity contribution in [3.8, 4) is 0 Å². The Morgan fingerprint density at radius 3 is 1.59 bits per heavy atom. The second-order valence-corrected chi connectivity index (χ2v) is 29.2. The van der Waals surface area contributed by atoms with Crippen LogP contribution in [-0.4, -0.2) is 57.0 Å². The first-order valence-electron chi connectivity index (χ1n) is 10.4. The first kappa shape index (κ1) is 28.3. The number of carbonyl (C=O) groups is 1. The predicted octanol–water partition coefficient (Wildman–Crippen LogP) is 5.87. The summed E-state index contributed by atoms with van der Waals surface area (Å²) in [5, 5.41) is 0. The molecule has 0 heterocycles. The zero-order valence-electron chi connectivity index (χ0n) is 21.0. The van der Waals surface area contributed by atoms with Gasteiger partial charge in [0.2, 0.25) is 25.0 Å². The van der Waals surface area contributed by atoms with Gasteiger partial charge in [-0.15, -0.1) is 0 Å². The van der Waals surface area contributed by atoms with Crippen LogP contribution < -0.4 is 0 Å². The van der Waals surface area contributed by atoms with Crippen molar-refractivity contribution < 1.29 is 18.1 Å². The van der Waals surface area contributed by atoms with E-state index in [1.54, 1.807) is 0 Å². The second kappa shape index (κ2) is 10.5. The molecule has 0 spiro atoms. The van der Waals surface area contributed by atoms with E-state index in [9.17, 15) is 4.79 Å². The third kappa shape index (κ3) is 16.7. The van der Waals surface area contributed by atoms with E-state index in [0.29, 0.717) is 18.7 Å². The van der Waals surface area contributed by atoms with Crippen LogP contribution in [0.3, 0.4) is 0 Å². The van der Waals surface area contributed by atoms with E-state index in [1.807, 2.05) is 26.6 Å². The van der Waals surface area contributed by atoms with Crippen LogP contribution in [0.5, 0.6) is 0 Å². The highest BCUT2D eigenvalue weighted by Gasteiger charge is 2.29. The molecule has 0 saturated heterocycles. The Kier molecular flexibility index (Phi) is 10.3. The molecule has 0 aromatic carbocycles. The Bertz CT molecular complexity index is 610. The van der Waals surface area contributed by atoms with Gasteiger partial charge in [0, 0.05) is 13.3 Å². The van der Waals surface area contributed by atoms with Crippen LogP contribution in [0.2, 0.25) is 78.6 Å². The van der Waals surface area contributed by atoms with Crippen molar-refractivity contribution in [2.75, 3.05) is 0 Å². The lowest BCUT2D eigenvalue weighted by atomic mass is 10.1. The first-order chi connectivity index (χ1) is 12.7. The Morgan fingerprint density at radius 2 is 1.21 bits per heavy atom. The first-order valence-corrected chi connectivity index (χ1v) is 24.1. The maximum absolute atomic E-state index is 12.8. The topological polar surface area (TPSA) is 69.5 Å². The van der Waals surface area contributed by atoms with Gasteiger partial charge in [0.1, 0.15) is 6.04 Å². The fourth-order valence-corrected chi connectivity index (χ4v) is 5.94. The fraction of sp³-hybridized carbons (Fsp3) is 0.842. The molecular formula is C19H44N2O4Si4. The maximum atomic E-state index is 12.8. The Hall–Kier alpha value is -0.722. The smallest absolute Gasteiger partial charge is 0.317 e. The summed E-state index contributed by atoms with van der Waals surface area (Å²) in [6.45, 7) is 27.1. The minimum Gasteiger partial charge on any atom is -0.535 e. The second-order valence-electron chi connectivity index (χ2n) is 11.3. The van der Waals surface area contributed by atoms with Gasteiger partial charge >= 0.3 is 5.97 Å². The van der Waals surface area contributed by atoms with Gasteiger partial charge in [-0.25, -0.2) is 4.99 Å². The van der Waals surface area contributed by atoms with Crippen molar-refractivity contribution in [1.82, 2.24) is 0 Å². The predicted molar refractivity (Wildman–Crippen MR) is 135 cm³/mol. The van der Waals surface area contributed by atoms with E-state index in [1.165, 1.54) is 0 Å². The average molecular weight is 477 g/mol. The lowest BCUT2D eigenvalue weighted by molar-refractivity contribution is -0.136. The van der Waals surface area contributed by atoms with Crippen LogP contribution in [0.4, 0.5) is 0 Å². The summed E-state index contributed by atoms with van der Waals surface area (Å²) in [4.78, 5) is 17.4. The molecular weight excluding hydrogens is 433 g/mol. The van der Waals surface area contributed by atoms with Crippen LogP contribution in [0.15, 0.2) is 9.65 Å². The number of carbonyl (C=O) groups excluding carboxylic acids is 1. The largest absolute Gasteiger partial charge is 0.535 e. The van der Waals surface area contributed by atoms with E-state index >= 15 is 0 Å². The van der Waals surface area contributed by atoms with Gasteiger partial charge in [-0.05, 0) is 85.0 Å². The van der Waals surface area contributed by atoms with Gasteiger partial charge in [-0.1, -0.05) is 0 Å². The SMILES string of the molecule is CC(=NC(CC/C(=N/[Si](C)(C)C)O[Si](C)(C)C)C(=O)O[Si](C)(C)C)O[Si](C)(C)C. The number of hydrogen-bond acceptors (Lipinski definition) is 6. The number of aliphatic imine (C=N–C) groups is 1.